The maximum atomic E-state index is 10.6. The minimum absolute atomic E-state index is 0. The van der Waals surface area contributed by atoms with Gasteiger partial charge in [-0.1, -0.05) is 0 Å². The van der Waals surface area contributed by atoms with Crippen LogP contribution >= 0.6 is 7.43 Å². The molecule has 0 aromatic carbocycles. The van der Waals surface area contributed by atoms with Gasteiger partial charge in [-0.2, -0.15) is 0 Å². The number of carboxylic acid groups (broad SMARTS) is 1. The number of hydrogen-bond acceptors (Lipinski definition) is 4. The summed E-state index contributed by atoms with van der Waals surface area (Å²) < 4.78 is 14.3. The summed E-state index contributed by atoms with van der Waals surface area (Å²) in [6, 6.07) is -0.922. The second kappa shape index (κ2) is 11.4. The Morgan fingerprint density at radius 3 is 2.47 bits per heavy atom. The minimum Gasteiger partial charge on any atom is -0.482 e. The van der Waals surface area contributed by atoms with E-state index < -0.39 is 19.4 Å². The molecule has 2 atom stereocenters. The van der Waals surface area contributed by atoms with Crippen LogP contribution in [0.25, 0.3) is 0 Å². The van der Waals surface area contributed by atoms with E-state index in [-0.39, 0.29) is 28.5 Å². The quantitative estimate of drug-likeness (QED) is 0.349. The van der Waals surface area contributed by atoms with Crippen molar-refractivity contribution in [3.05, 3.63) is 14.4 Å². The summed E-state index contributed by atoms with van der Waals surface area (Å²) >= 11 is 0. The molecule has 0 heterocycles. The largest absolute Gasteiger partial charge is 2.00 e. The number of nitrogens with zero attached hydrogens (tertiary/aromatic N) is 1. The molecule has 0 amide bonds. The number of hydrogen-bond donors (Lipinski definition) is 2. The van der Waals surface area contributed by atoms with Crippen molar-refractivity contribution in [2.24, 2.45) is 4.74 Å². The van der Waals surface area contributed by atoms with Gasteiger partial charge in [0.1, 0.15) is 7.43 Å². The normalized spacial score (nSPS) is 14.8. The van der Waals surface area contributed by atoms with Crippen molar-refractivity contribution in [2.45, 2.75) is 6.04 Å². The number of carbonyl (C=O) groups is 1. The van der Waals surface area contributed by atoms with E-state index in [0.29, 0.717) is 13.2 Å². The molecule has 8 heteroatoms. The van der Waals surface area contributed by atoms with E-state index in [0.717, 1.165) is 0 Å². The Morgan fingerprint density at radius 1 is 1.59 bits per heavy atom. The molecular formula is C9H21N2O4PPt. The van der Waals surface area contributed by atoms with Crippen molar-refractivity contribution >= 4 is 13.4 Å². The second-order valence-corrected chi connectivity index (χ2v) is 5.60. The van der Waals surface area contributed by atoms with Gasteiger partial charge in [0.05, 0.1) is 13.2 Å². The van der Waals surface area contributed by atoms with Crippen LogP contribution in [0, 0.1) is 14.4 Å². The van der Waals surface area contributed by atoms with Gasteiger partial charge in [-0.15, -0.1) is 0 Å². The molecule has 0 rings (SSSR count). The molecule has 2 unspecified atom stereocenters. The summed E-state index contributed by atoms with van der Waals surface area (Å²) in [5.74, 6) is -1.03. The molecule has 0 aliphatic rings. The molecule has 6 nitrogen and oxygen atoms in total. The van der Waals surface area contributed by atoms with Crippen molar-refractivity contribution in [3.63, 3.8) is 0 Å². The number of ether oxygens (including phenoxy) is 1. The SMILES string of the molecule is [CH2-]C(NP(C)(=NC)OCCOC)C(=O)O.[CH3-].[Pt+2]. The second-order valence-electron chi connectivity index (χ2n) is 2.93. The standard InChI is InChI=1S/C8H18N2O4P.CH3.Pt/c1-7(8(11)12)10-15(4,9-2)14-6-5-13-3;;/h7,10H,1,5-6H2,2-4H3,(H,11,12);1H3;/q2*-1;+2. The molecule has 17 heavy (non-hydrogen) atoms. The van der Waals surface area contributed by atoms with Gasteiger partial charge in [-0.25, -0.2) is 0 Å². The first-order valence-electron chi connectivity index (χ1n) is 4.40. The van der Waals surface area contributed by atoms with Crippen molar-refractivity contribution in [3.8, 4) is 0 Å². The van der Waals surface area contributed by atoms with Gasteiger partial charge in [0.25, 0.3) is 5.97 Å². The van der Waals surface area contributed by atoms with E-state index in [9.17, 15) is 4.79 Å². The van der Waals surface area contributed by atoms with E-state index in [2.05, 4.69) is 16.8 Å². The topological polar surface area (TPSA) is 80.2 Å². The first kappa shape index (κ1) is 22.4. The summed E-state index contributed by atoms with van der Waals surface area (Å²) in [7, 11) is 0.914. The molecule has 0 aliphatic heterocycles. The van der Waals surface area contributed by atoms with Crippen molar-refractivity contribution in [1.29, 1.82) is 0 Å². The number of nitrogens with one attached hydrogen (secondary N) is 1. The molecule has 0 saturated carbocycles. The Bertz CT molecular complexity index is 263. The van der Waals surface area contributed by atoms with Crippen molar-refractivity contribution < 1.29 is 40.2 Å². The van der Waals surface area contributed by atoms with Gasteiger partial charge >= 0.3 is 21.1 Å². The van der Waals surface area contributed by atoms with Crippen LogP contribution in [0.2, 0.25) is 0 Å². The summed E-state index contributed by atoms with van der Waals surface area (Å²) in [4.78, 5) is 10.6. The number of methoxy groups -OCH3 is 1. The van der Waals surface area contributed by atoms with E-state index in [4.69, 9.17) is 14.4 Å². The monoisotopic (exact) mass is 447 g/mol. The number of rotatable bonds is 7. The third-order valence-corrected chi connectivity index (χ3v) is 3.94. The number of aliphatic carboxylic acids is 1. The Hall–Kier alpha value is 0.268. The van der Waals surface area contributed by atoms with E-state index >= 15 is 0 Å². The third kappa shape index (κ3) is 9.92. The maximum absolute atomic E-state index is 10.6. The molecule has 0 fully saturated rings. The van der Waals surface area contributed by atoms with Crippen LogP contribution in [-0.4, -0.2) is 51.2 Å². The predicted octanol–water partition coefficient (Wildman–Crippen LogP) is 1.26. The van der Waals surface area contributed by atoms with E-state index in [1.54, 1.807) is 20.8 Å². The molecule has 0 saturated heterocycles. The van der Waals surface area contributed by atoms with Gasteiger partial charge in [0.2, 0.25) is 0 Å². The van der Waals surface area contributed by atoms with Gasteiger partial charge < -0.3 is 28.7 Å². The molecule has 0 bridgehead atoms. The van der Waals surface area contributed by atoms with Crippen LogP contribution in [0.15, 0.2) is 4.74 Å². The van der Waals surface area contributed by atoms with Crippen LogP contribution in [0.1, 0.15) is 0 Å². The molecule has 0 aliphatic carbocycles. The van der Waals surface area contributed by atoms with E-state index in [1.807, 2.05) is 0 Å². The fraction of sp³-hybridized carbons (Fsp3) is 0.667. The average molecular weight is 447 g/mol. The molecule has 2 N–H and O–H groups in total. The molecule has 0 radical (unpaired) electrons. The Kier molecular flexibility index (Phi) is 15.0. The Morgan fingerprint density at radius 2 is 2.12 bits per heavy atom. The van der Waals surface area contributed by atoms with Gasteiger partial charge in [-0.05, 0) is 6.04 Å². The number of carboxylic acids is 1. The zero-order chi connectivity index (χ0) is 11.9. The average Bonchev–Trinajstić information content (AvgIpc) is 2.18. The maximum Gasteiger partial charge on any atom is 2.00 e. The zero-order valence-corrected chi connectivity index (χ0v) is 13.7. The summed E-state index contributed by atoms with van der Waals surface area (Å²) in [5, 5.41) is 11.4. The minimum atomic E-state index is -2.24. The molecule has 0 spiro atoms. The summed E-state index contributed by atoms with van der Waals surface area (Å²) in [5.41, 5.74) is 0. The van der Waals surface area contributed by atoms with Gasteiger partial charge in [0, 0.05) is 20.8 Å². The molecule has 0 aromatic heterocycles. The van der Waals surface area contributed by atoms with Gasteiger partial charge in [-0.3, -0.25) is 14.6 Å². The smallest absolute Gasteiger partial charge is 0.482 e. The molecular weight excluding hydrogens is 426 g/mol. The van der Waals surface area contributed by atoms with Crippen LogP contribution < -0.4 is 5.09 Å². The zero-order valence-electron chi connectivity index (χ0n) is 10.6. The van der Waals surface area contributed by atoms with Crippen LogP contribution in [0.5, 0.6) is 0 Å². The van der Waals surface area contributed by atoms with Crippen molar-refractivity contribution in [2.75, 3.05) is 34.0 Å². The van der Waals surface area contributed by atoms with Crippen LogP contribution in [0.4, 0.5) is 0 Å². The summed E-state index contributed by atoms with van der Waals surface area (Å²) in [6.45, 7) is 6.00. The fourth-order valence-electron chi connectivity index (χ4n) is 0.795. The van der Waals surface area contributed by atoms with Crippen LogP contribution in [-0.2, 0) is 35.1 Å². The third-order valence-electron chi connectivity index (χ3n) is 1.71. The van der Waals surface area contributed by atoms with E-state index in [1.165, 1.54) is 0 Å². The van der Waals surface area contributed by atoms with Crippen molar-refractivity contribution in [1.82, 2.24) is 5.09 Å². The summed E-state index contributed by atoms with van der Waals surface area (Å²) in [6.07, 6.45) is 0. The van der Waals surface area contributed by atoms with Crippen LogP contribution in [0.3, 0.4) is 0 Å². The Labute approximate surface area is 118 Å². The Balaban J connectivity index is -0.000000980. The van der Waals surface area contributed by atoms with Gasteiger partial charge in [0.15, 0.2) is 0 Å². The fourth-order valence-corrected chi connectivity index (χ4v) is 2.22. The predicted molar refractivity (Wildman–Crippen MR) is 65.4 cm³/mol. The first-order chi connectivity index (χ1) is 6.95. The first-order valence-corrected chi connectivity index (χ1v) is 6.51. The molecule has 106 valence electrons. The molecule has 0 aromatic rings.